The Morgan fingerprint density at radius 1 is 1.44 bits per heavy atom. The molecule has 0 aromatic heterocycles. The first-order valence-corrected chi connectivity index (χ1v) is 6.19. The normalized spacial score (nSPS) is 25.4. The first-order valence-electron chi connectivity index (χ1n) is 6.19. The van der Waals surface area contributed by atoms with E-state index in [9.17, 15) is 4.79 Å². The molecule has 0 radical (unpaired) electrons. The zero-order valence-electron chi connectivity index (χ0n) is 10.2. The van der Waals surface area contributed by atoms with Gasteiger partial charge in [-0.15, -0.1) is 12.4 Å². The fraction of sp³-hybridized carbons (Fsp3) is 0.917. The van der Waals surface area contributed by atoms with Gasteiger partial charge < -0.3 is 10.2 Å². The number of nitrogens with one attached hydrogen (secondary N) is 1. The molecule has 2 aliphatic heterocycles. The van der Waals surface area contributed by atoms with Crippen LogP contribution in [-0.4, -0.2) is 36.5 Å². The number of carbonyl (C=O) groups excluding carboxylic acids is 1. The quantitative estimate of drug-likeness (QED) is 0.822. The molecule has 3 nitrogen and oxygen atoms in total. The van der Waals surface area contributed by atoms with Crippen LogP contribution in [0.3, 0.4) is 0 Å². The van der Waals surface area contributed by atoms with Gasteiger partial charge in [0.05, 0.1) is 5.92 Å². The number of nitrogens with zero attached hydrogens (tertiary/aromatic N) is 1. The van der Waals surface area contributed by atoms with Crippen LogP contribution >= 0.6 is 12.4 Å². The predicted octanol–water partition coefficient (Wildman–Crippen LogP) is 1.66. The molecule has 2 rings (SSSR count). The molecule has 4 heteroatoms. The highest BCUT2D eigenvalue weighted by Gasteiger charge is 2.35. The Hall–Kier alpha value is -0.280. The number of hydrogen-bond donors (Lipinski definition) is 1. The minimum atomic E-state index is 0. The molecule has 2 fully saturated rings. The molecule has 2 saturated heterocycles. The first-order chi connectivity index (χ1) is 7.18. The summed E-state index contributed by atoms with van der Waals surface area (Å²) in [5.41, 5.74) is 0. The van der Waals surface area contributed by atoms with Crippen molar-refractivity contribution < 1.29 is 4.79 Å². The minimum absolute atomic E-state index is 0. The van der Waals surface area contributed by atoms with Crippen molar-refractivity contribution >= 4 is 18.3 Å². The van der Waals surface area contributed by atoms with Crippen LogP contribution in [0.5, 0.6) is 0 Å². The molecule has 0 aromatic rings. The van der Waals surface area contributed by atoms with Gasteiger partial charge >= 0.3 is 0 Å². The molecule has 0 saturated carbocycles. The summed E-state index contributed by atoms with van der Waals surface area (Å²) in [5, 5.41) is 3.17. The summed E-state index contributed by atoms with van der Waals surface area (Å²) >= 11 is 0. The lowest BCUT2D eigenvalue weighted by atomic mass is 9.98. The van der Waals surface area contributed by atoms with Gasteiger partial charge in [-0.1, -0.05) is 13.8 Å². The van der Waals surface area contributed by atoms with Crippen molar-refractivity contribution in [3.8, 4) is 0 Å². The molecular weight excluding hydrogens is 224 g/mol. The molecule has 94 valence electrons. The fourth-order valence-electron chi connectivity index (χ4n) is 2.61. The van der Waals surface area contributed by atoms with Gasteiger partial charge in [-0.3, -0.25) is 4.79 Å². The third-order valence-corrected chi connectivity index (χ3v) is 3.53. The molecule has 1 amide bonds. The standard InChI is InChI=1S/C12H22N2O.ClH/c1-9(2)6-11-4-3-5-14(11)12(15)10-7-13-8-10;/h9-11,13H,3-8H2,1-2H3;1H. The highest BCUT2D eigenvalue weighted by atomic mass is 35.5. The van der Waals surface area contributed by atoms with Crippen molar-refractivity contribution in [3.05, 3.63) is 0 Å². The lowest BCUT2D eigenvalue weighted by Gasteiger charge is -2.34. The Bertz CT molecular complexity index is 241. The SMILES string of the molecule is CC(C)CC1CCCN1C(=O)C1CNC1.Cl. The summed E-state index contributed by atoms with van der Waals surface area (Å²) in [5.74, 6) is 1.37. The van der Waals surface area contributed by atoms with E-state index in [1.54, 1.807) is 0 Å². The Kier molecular flexibility index (Phi) is 5.06. The zero-order chi connectivity index (χ0) is 10.8. The fourth-order valence-corrected chi connectivity index (χ4v) is 2.61. The second-order valence-electron chi connectivity index (χ2n) is 5.31. The highest BCUT2D eigenvalue weighted by molar-refractivity contribution is 5.85. The molecule has 1 unspecified atom stereocenters. The number of likely N-dealkylation sites (tertiary alicyclic amines) is 1. The second-order valence-corrected chi connectivity index (χ2v) is 5.31. The van der Waals surface area contributed by atoms with Crippen molar-refractivity contribution in [1.29, 1.82) is 0 Å². The minimum Gasteiger partial charge on any atom is -0.339 e. The highest BCUT2D eigenvalue weighted by Crippen LogP contribution is 2.25. The van der Waals surface area contributed by atoms with E-state index in [1.807, 2.05) is 0 Å². The van der Waals surface area contributed by atoms with E-state index in [4.69, 9.17) is 0 Å². The second kappa shape index (κ2) is 5.87. The van der Waals surface area contributed by atoms with Crippen LogP contribution in [0.4, 0.5) is 0 Å². The Balaban J connectivity index is 0.00000128. The van der Waals surface area contributed by atoms with Crippen molar-refractivity contribution in [2.45, 2.75) is 39.2 Å². The molecule has 1 atom stereocenters. The van der Waals surface area contributed by atoms with Gasteiger partial charge in [-0.25, -0.2) is 0 Å². The first kappa shape index (κ1) is 13.8. The number of rotatable bonds is 3. The monoisotopic (exact) mass is 246 g/mol. The Labute approximate surface area is 104 Å². The van der Waals surface area contributed by atoms with Gasteiger partial charge in [0, 0.05) is 25.7 Å². The smallest absolute Gasteiger partial charge is 0.228 e. The Morgan fingerprint density at radius 2 is 2.12 bits per heavy atom. The largest absolute Gasteiger partial charge is 0.339 e. The maximum absolute atomic E-state index is 12.1. The molecule has 16 heavy (non-hydrogen) atoms. The third kappa shape index (κ3) is 2.89. The Morgan fingerprint density at radius 3 is 2.62 bits per heavy atom. The summed E-state index contributed by atoms with van der Waals surface area (Å²) in [6.45, 7) is 7.26. The van der Waals surface area contributed by atoms with E-state index in [0.717, 1.165) is 19.6 Å². The van der Waals surface area contributed by atoms with Crippen LogP contribution in [-0.2, 0) is 4.79 Å². The van der Waals surface area contributed by atoms with E-state index < -0.39 is 0 Å². The van der Waals surface area contributed by atoms with Crippen LogP contribution in [0.2, 0.25) is 0 Å². The van der Waals surface area contributed by atoms with Crippen molar-refractivity contribution in [2.24, 2.45) is 11.8 Å². The van der Waals surface area contributed by atoms with E-state index >= 15 is 0 Å². The van der Waals surface area contributed by atoms with Gasteiger partial charge in [0.15, 0.2) is 0 Å². The third-order valence-electron chi connectivity index (χ3n) is 3.53. The van der Waals surface area contributed by atoms with Crippen molar-refractivity contribution in [2.75, 3.05) is 19.6 Å². The predicted molar refractivity (Wildman–Crippen MR) is 67.8 cm³/mol. The van der Waals surface area contributed by atoms with Crippen LogP contribution in [0.25, 0.3) is 0 Å². The number of halogens is 1. The maximum Gasteiger partial charge on any atom is 0.228 e. The average Bonchev–Trinajstić information content (AvgIpc) is 2.47. The molecule has 0 aliphatic carbocycles. The summed E-state index contributed by atoms with van der Waals surface area (Å²) in [6.07, 6.45) is 3.58. The molecule has 2 heterocycles. The van der Waals surface area contributed by atoms with E-state index in [2.05, 4.69) is 24.1 Å². The number of carbonyl (C=O) groups is 1. The van der Waals surface area contributed by atoms with Crippen molar-refractivity contribution in [3.63, 3.8) is 0 Å². The van der Waals surface area contributed by atoms with Gasteiger partial charge in [0.2, 0.25) is 5.91 Å². The van der Waals surface area contributed by atoms with E-state index in [1.165, 1.54) is 19.3 Å². The van der Waals surface area contributed by atoms with Crippen LogP contribution in [0.15, 0.2) is 0 Å². The lowest BCUT2D eigenvalue weighted by molar-refractivity contribution is -0.138. The summed E-state index contributed by atoms with van der Waals surface area (Å²) in [7, 11) is 0. The van der Waals surface area contributed by atoms with Crippen LogP contribution in [0.1, 0.15) is 33.1 Å². The molecule has 0 spiro atoms. The summed E-state index contributed by atoms with van der Waals surface area (Å²) in [6, 6.07) is 0.526. The molecule has 0 aromatic carbocycles. The van der Waals surface area contributed by atoms with E-state index in [-0.39, 0.29) is 18.3 Å². The van der Waals surface area contributed by atoms with Gasteiger partial charge in [-0.05, 0) is 25.2 Å². The number of hydrogen-bond acceptors (Lipinski definition) is 2. The van der Waals surface area contributed by atoms with Gasteiger partial charge in [-0.2, -0.15) is 0 Å². The van der Waals surface area contributed by atoms with Crippen LogP contribution < -0.4 is 5.32 Å². The number of amides is 1. The van der Waals surface area contributed by atoms with E-state index in [0.29, 0.717) is 17.9 Å². The lowest BCUT2D eigenvalue weighted by Crippen LogP contribution is -2.53. The summed E-state index contributed by atoms with van der Waals surface area (Å²) < 4.78 is 0. The van der Waals surface area contributed by atoms with Crippen molar-refractivity contribution in [1.82, 2.24) is 10.2 Å². The average molecular weight is 247 g/mol. The topological polar surface area (TPSA) is 32.3 Å². The van der Waals surface area contributed by atoms with Gasteiger partial charge in [0.1, 0.15) is 0 Å². The molecule has 2 aliphatic rings. The molecular formula is C12H23ClN2O. The van der Waals surface area contributed by atoms with Gasteiger partial charge in [0.25, 0.3) is 0 Å². The summed E-state index contributed by atoms with van der Waals surface area (Å²) in [4.78, 5) is 14.2. The molecule has 0 bridgehead atoms. The maximum atomic E-state index is 12.1. The zero-order valence-corrected chi connectivity index (χ0v) is 11.1. The van der Waals surface area contributed by atoms with Crippen LogP contribution in [0, 0.1) is 11.8 Å². The molecule has 1 N–H and O–H groups in total.